The van der Waals surface area contributed by atoms with E-state index in [9.17, 15) is 4.79 Å². The maximum absolute atomic E-state index is 11.8. The Labute approximate surface area is 105 Å². The van der Waals surface area contributed by atoms with Crippen molar-refractivity contribution < 1.29 is 4.79 Å². The summed E-state index contributed by atoms with van der Waals surface area (Å²) in [4.78, 5) is 14.2. The molecule has 4 nitrogen and oxygen atoms in total. The smallest absolute Gasteiger partial charge is 0.237 e. The maximum atomic E-state index is 11.8. The summed E-state index contributed by atoms with van der Waals surface area (Å²) in [5.74, 6) is 0.238. The second-order valence-electron chi connectivity index (χ2n) is 5.25. The first-order valence-electron chi connectivity index (χ1n) is 6.83. The molecule has 0 saturated carbocycles. The molecule has 0 bridgehead atoms. The molecular weight excluding hydrogens is 214 g/mol. The molecule has 3 atom stereocenters. The van der Waals surface area contributed by atoms with E-state index in [1.54, 1.807) is 0 Å². The molecule has 17 heavy (non-hydrogen) atoms. The van der Waals surface area contributed by atoms with Gasteiger partial charge in [-0.2, -0.15) is 0 Å². The van der Waals surface area contributed by atoms with Crippen LogP contribution in [0.1, 0.15) is 40.0 Å². The van der Waals surface area contributed by atoms with E-state index >= 15 is 0 Å². The lowest BCUT2D eigenvalue weighted by atomic mass is 9.99. The van der Waals surface area contributed by atoms with Gasteiger partial charge in [-0.05, 0) is 38.8 Å². The van der Waals surface area contributed by atoms with Gasteiger partial charge < -0.3 is 11.1 Å². The van der Waals surface area contributed by atoms with Gasteiger partial charge in [-0.25, -0.2) is 0 Å². The highest BCUT2D eigenvalue weighted by Crippen LogP contribution is 2.11. The quantitative estimate of drug-likeness (QED) is 0.728. The molecule has 0 radical (unpaired) electrons. The summed E-state index contributed by atoms with van der Waals surface area (Å²) in [6.45, 7) is 9.28. The number of nitrogens with two attached hydrogens (primary N) is 1. The van der Waals surface area contributed by atoms with Gasteiger partial charge in [-0.15, -0.1) is 0 Å². The normalized spacial score (nSPS) is 22.1. The van der Waals surface area contributed by atoms with Gasteiger partial charge in [0, 0.05) is 12.6 Å². The molecule has 100 valence electrons. The van der Waals surface area contributed by atoms with Crippen LogP contribution >= 0.6 is 0 Å². The minimum absolute atomic E-state index is 0.00889. The van der Waals surface area contributed by atoms with Gasteiger partial charge in [-0.3, -0.25) is 9.69 Å². The number of rotatable bonds is 6. The van der Waals surface area contributed by atoms with Gasteiger partial charge in [0.05, 0.1) is 6.04 Å². The Morgan fingerprint density at radius 2 is 1.94 bits per heavy atom. The molecule has 1 saturated heterocycles. The van der Waals surface area contributed by atoms with Crippen LogP contribution < -0.4 is 11.1 Å². The Morgan fingerprint density at radius 3 is 2.47 bits per heavy atom. The summed E-state index contributed by atoms with van der Waals surface area (Å²) in [7, 11) is 0. The Bertz CT molecular complexity index is 239. The molecule has 1 amide bonds. The number of hydrogen-bond donors (Lipinski definition) is 2. The number of nitrogens with one attached hydrogen (secondary N) is 1. The first-order valence-corrected chi connectivity index (χ1v) is 6.83. The van der Waals surface area contributed by atoms with Crippen molar-refractivity contribution in [3.8, 4) is 0 Å². The maximum Gasteiger partial charge on any atom is 0.237 e. The van der Waals surface area contributed by atoms with Crippen molar-refractivity contribution in [2.75, 3.05) is 19.6 Å². The second-order valence-corrected chi connectivity index (χ2v) is 5.25. The van der Waals surface area contributed by atoms with Crippen LogP contribution in [0.15, 0.2) is 0 Å². The molecule has 1 fully saturated rings. The fraction of sp³-hybridized carbons (Fsp3) is 0.923. The SMILES string of the molecule is CCC(C)C(N)C(=O)NCC(C)N1CCCC1. The number of amides is 1. The van der Waals surface area contributed by atoms with Crippen LogP contribution in [0.2, 0.25) is 0 Å². The first kappa shape index (κ1) is 14.5. The van der Waals surface area contributed by atoms with Crippen LogP contribution in [0.5, 0.6) is 0 Å². The Morgan fingerprint density at radius 1 is 1.35 bits per heavy atom. The minimum atomic E-state index is -0.370. The topological polar surface area (TPSA) is 58.4 Å². The number of carbonyl (C=O) groups excluding carboxylic acids is 1. The predicted octanol–water partition coefficient (Wildman–Crippen LogP) is 0.960. The molecule has 4 heteroatoms. The lowest BCUT2D eigenvalue weighted by Gasteiger charge is -2.25. The molecule has 0 aromatic rings. The van der Waals surface area contributed by atoms with Crippen molar-refractivity contribution >= 4 is 5.91 Å². The third-order valence-corrected chi connectivity index (χ3v) is 3.90. The van der Waals surface area contributed by atoms with Gasteiger partial charge in [0.15, 0.2) is 0 Å². The third-order valence-electron chi connectivity index (χ3n) is 3.90. The summed E-state index contributed by atoms with van der Waals surface area (Å²) in [6.07, 6.45) is 3.51. The van der Waals surface area contributed by atoms with Gasteiger partial charge in [-0.1, -0.05) is 20.3 Å². The number of hydrogen-bond acceptors (Lipinski definition) is 3. The van der Waals surface area contributed by atoms with Gasteiger partial charge in [0.1, 0.15) is 0 Å². The van der Waals surface area contributed by atoms with Crippen LogP contribution in [0.25, 0.3) is 0 Å². The molecule has 3 N–H and O–H groups in total. The van der Waals surface area contributed by atoms with Crippen molar-refractivity contribution in [2.24, 2.45) is 11.7 Å². The highest BCUT2D eigenvalue weighted by molar-refractivity contribution is 5.81. The van der Waals surface area contributed by atoms with E-state index in [0.717, 1.165) is 19.5 Å². The van der Waals surface area contributed by atoms with Crippen molar-refractivity contribution in [1.29, 1.82) is 0 Å². The molecule has 0 spiro atoms. The Balaban J connectivity index is 2.27. The van der Waals surface area contributed by atoms with E-state index < -0.39 is 0 Å². The van der Waals surface area contributed by atoms with Crippen molar-refractivity contribution in [3.63, 3.8) is 0 Å². The molecule has 0 aliphatic carbocycles. The molecule has 1 aliphatic heterocycles. The minimum Gasteiger partial charge on any atom is -0.353 e. The Hall–Kier alpha value is -0.610. The summed E-state index contributed by atoms with van der Waals surface area (Å²) in [5.41, 5.74) is 5.89. The zero-order valence-electron chi connectivity index (χ0n) is 11.4. The summed E-state index contributed by atoms with van der Waals surface area (Å²) in [6, 6.07) is 0.0522. The Kier molecular flexibility index (Phi) is 5.92. The zero-order valence-corrected chi connectivity index (χ0v) is 11.4. The number of carbonyl (C=O) groups is 1. The average Bonchev–Trinajstić information content (AvgIpc) is 2.87. The van der Waals surface area contributed by atoms with E-state index in [2.05, 4.69) is 24.1 Å². The van der Waals surface area contributed by atoms with Crippen LogP contribution in [0.4, 0.5) is 0 Å². The molecule has 0 aromatic carbocycles. The van der Waals surface area contributed by atoms with E-state index in [1.165, 1.54) is 12.8 Å². The van der Waals surface area contributed by atoms with E-state index in [0.29, 0.717) is 12.6 Å². The van der Waals surface area contributed by atoms with Gasteiger partial charge in [0.2, 0.25) is 5.91 Å². The highest BCUT2D eigenvalue weighted by atomic mass is 16.2. The molecule has 1 rings (SSSR count). The van der Waals surface area contributed by atoms with Gasteiger partial charge >= 0.3 is 0 Å². The zero-order chi connectivity index (χ0) is 12.8. The standard InChI is InChI=1S/C13H27N3O/c1-4-10(2)12(14)13(17)15-9-11(3)16-7-5-6-8-16/h10-12H,4-9,14H2,1-3H3,(H,15,17). The molecule has 3 unspecified atom stereocenters. The lowest BCUT2D eigenvalue weighted by Crippen LogP contribution is -2.48. The van der Waals surface area contributed by atoms with E-state index in [4.69, 9.17) is 5.73 Å². The fourth-order valence-corrected chi connectivity index (χ4v) is 2.19. The van der Waals surface area contributed by atoms with Crippen molar-refractivity contribution in [3.05, 3.63) is 0 Å². The van der Waals surface area contributed by atoms with Crippen molar-refractivity contribution in [1.82, 2.24) is 10.2 Å². The number of likely N-dealkylation sites (tertiary alicyclic amines) is 1. The predicted molar refractivity (Wildman–Crippen MR) is 70.7 cm³/mol. The van der Waals surface area contributed by atoms with Gasteiger partial charge in [0.25, 0.3) is 0 Å². The molecule has 1 heterocycles. The fourth-order valence-electron chi connectivity index (χ4n) is 2.19. The lowest BCUT2D eigenvalue weighted by molar-refractivity contribution is -0.123. The summed E-state index contributed by atoms with van der Waals surface area (Å²) >= 11 is 0. The molecule has 0 aromatic heterocycles. The summed E-state index contributed by atoms with van der Waals surface area (Å²) in [5, 5.41) is 2.97. The van der Waals surface area contributed by atoms with Crippen LogP contribution in [-0.4, -0.2) is 42.5 Å². The largest absolute Gasteiger partial charge is 0.353 e. The van der Waals surface area contributed by atoms with Crippen LogP contribution in [0, 0.1) is 5.92 Å². The third kappa shape index (κ3) is 4.28. The molecule has 1 aliphatic rings. The highest BCUT2D eigenvalue weighted by Gasteiger charge is 2.22. The average molecular weight is 241 g/mol. The monoisotopic (exact) mass is 241 g/mol. The molecular formula is C13H27N3O. The summed E-state index contributed by atoms with van der Waals surface area (Å²) < 4.78 is 0. The van der Waals surface area contributed by atoms with Crippen LogP contribution in [-0.2, 0) is 4.79 Å². The van der Waals surface area contributed by atoms with E-state index in [-0.39, 0.29) is 17.9 Å². The second kappa shape index (κ2) is 6.97. The van der Waals surface area contributed by atoms with Crippen LogP contribution in [0.3, 0.4) is 0 Å². The first-order chi connectivity index (χ1) is 8.06. The van der Waals surface area contributed by atoms with E-state index in [1.807, 2.05) is 6.92 Å². The number of nitrogens with zero attached hydrogens (tertiary/aromatic N) is 1. The van der Waals surface area contributed by atoms with Crippen molar-refractivity contribution in [2.45, 2.75) is 52.1 Å².